The third-order valence-electron chi connectivity index (χ3n) is 5.67. The highest BCUT2D eigenvalue weighted by Gasteiger charge is 2.33. The second-order valence-electron chi connectivity index (χ2n) is 8.10. The minimum Gasteiger partial charge on any atom is -0.497 e. The van der Waals surface area contributed by atoms with Crippen molar-refractivity contribution in [3.8, 4) is 11.5 Å². The molecule has 0 saturated heterocycles. The first-order valence-corrected chi connectivity index (χ1v) is 11.7. The lowest BCUT2D eigenvalue weighted by Crippen LogP contribution is -2.47. The number of hydrogen-bond acceptors (Lipinski definition) is 7. The maximum absolute atomic E-state index is 13.8. The smallest absolute Gasteiger partial charge is 0.287 e. The van der Waals surface area contributed by atoms with Gasteiger partial charge in [-0.05, 0) is 29.8 Å². The van der Waals surface area contributed by atoms with Crippen molar-refractivity contribution >= 4 is 23.4 Å². The Bertz CT molecular complexity index is 1330. The molecule has 0 aliphatic rings. The molecule has 10 heteroatoms. The molecule has 2 N–H and O–H groups in total. The van der Waals surface area contributed by atoms with Crippen molar-refractivity contribution in [3.63, 3.8) is 0 Å². The zero-order valence-electron chi connectivity index (χ0n) is 20.9. The normalized spacial score (nSPS) is 11.3. The Morgan fingerprint density at radius 1 is 0.842 bits per heavy atom. The second kappa shape index (κ2) is 12.3. The van der Waals surface area contributed by atoms with E-state index in [2.05, 4.69) is 10.6 Å². The van der Waals surface area contributed by atoms with Crippen LogP contribution in [-0.2, 0) is 16.1 Å². The summed E-state index contributed by atoms with van der Waals surface area (Å²) in [4.78, 5) is 41.2. The SMILES string of the molecule is COc1cc(OC)cc(N(C(=O)CNC(=O)c2ccco2)C(C(=O)NCc2ccco2)c2ccccc2)c1. The lowest BCUT2D eigenvalue weighted by Gasteiger charge is -2.32. The maximum atomic E-state index is 13.8. The summed E-state index contributed by atoms with van der Waals surface area (Å²) in [7, 11) is 2.97. The minimum atomic E-state index is -1.10. The number of benzene rings is 2. The molecule has 0 spiro atoms. The van der Waals surface area contributed by atoms with Gasteiger partial charge in [0, 0.05) is 18.2 Å². The predicted molar refractivity (Wildman–Crippen MR) is 138 cm³/mol. The van der Waals surface area contributed by atoms with Crippen LogP contribution in [0, 0.1) is 0 Å². The van der Waals surface area contributed by atoms with Gasteiger partial charge in [0.1, 0.15) is 23.3 Å². The summed E-state index contributed by atoms with van der Waals surface area (Å²) in [5.41, 5.74) is 0.886. The van der Waals surface area contributed by atoms with Crippen LogP contribution < -0.4 is 25.0 Å². The highest BCUT2D eigenvalue weighted by atomic mass is 16.5. The third-order valence-corrected chi connectivity index (χ3v) is 5.67. The quantitative estimate of drug-likeness (QED) is 0.311. The molecular weight excluding hydrogens is 490 g/mol. The van der Waals surface area contributed by atoms with Crippen LogP contribution in [0.25, 0.3) is 0 Å². The average Bonchev–Trinajstić information content (AvgIpc) is 3.68. The number of ether oxygens (including phenoxy) is 2. The Kier molecular flexibility index (Phi) is 8.45. The number of nitrogens with zero attached hydrogens (tertiary/aromatic N) is 1. The molecule has 2 heterocycles. The number of hydrogen-bond donors (Lipinski definition) is 2. The Hall–Kier alpha value is -4.99. The lowest BCUT2D eigenvalue weighted by molar-refractivity contribution is -0.126. The second-order valence-corrected chi connectivity index (χ2v) is 8.10. The monoisotopic (exact) mass is 517 g/mol. The molecule has 0 aliphatic heterocycles. The molecule has 2 aromatic heterocycles. The van der Waals surface area contributed by atoms with Crippen molar-refractivity contribution in [2.24, 2.45) is 0 Å². The van der Waals surface area contributed by atoms with E-state index in [4.69, 9.17) is 18.3 Å². The van der Waals surface area contributed by atoms with Crippen molar-refractivity contribution in [3.05, 3.63) is 102 Å². The van der Waals surface area contributed by atoms with E-state index in [-0.39, 0.29) is 12.3 Å². The minimum absolute atomic E-state index is 0.0585. The lowest BCUT2D eigenvalue weighted by atomic mass is 10.0. The van der Waals surface area contributed by atoms with Gasteiger partial charge in [-0.15, -0.1) is 0 Å². The molecular formula is C28H27N3O7. The summed E-state index contributed by atoms with van der Waals surface area (Å²) in [5, 5.41) is 5.40. The Labute approximate surface area is 219 Å². The molecule has 1 atom stereocenters. The van der Waals surface area contributed by atoms with Gasteiger partial charge in [0.2, 0.25) is 11.8 Å². The van der Waals surface area contributed by atoms with Gasteiger partial charge in [-0.2, -0.15) is 0 Å². The largest absolute Gasteiger partial charge is 0.497 e. The molecule has 0 radical (unpaired) electrons. The molecule has 10 nitrogen and oxygen atoms in total. The van der Waals surface area contributed by atoms with Gasteiger partial charge in [0.25, 0.3) is 5.91 Å². The van der Waals surface area contributed by atoms with Crippen molar-refractivity contribution in [1.82, 2.24) is 10.6 Å². The van der Waals surface area contributed by atoms with Crippen LogP contribution in [0.5, 0.6) is 11.5 Å². The molecule has 3 amide bonds. The van der Waals surface area contributed by atoms with Gasteiger partial charge in [-0.25, -0.2) is 0 Å². The molecule has 0 aliphatic carbocycles. The van der Waals surface area contributed by atoms with E-state index in [1.165, 1.54) is 37.7 Å². The van der Waals surface area contributed by atoms with Crippen molar-refractivity contribution in [2.45, 2.75) is 12.6 Å². The van der Waals surface area contributed by atoms with Gasteiger partial charge in [-0.3, -0.25) is 19.3 Å². The predicted octanol–water partition coefficient (Wildman–Crippen LogP) is 3.71. The Morgan fingerprint density at radius 2 is 1.53 bits per heavy atom. The van der Waals surface area contributed by atoms with E-state index < -0.39 is 30.3 Å². The molecule has 0 saturated carbocycles. The van der Waals surface area contributed by atoms with Gasteiger partial charge >= 0.3 is 0 Å². The highest BCUT2D eigenvalue weighted by molar-refractivity contribution is 6.04. The van der Waals surface area contributed by atoms with Gasteiger partial charge in [-0.1, -0.05) is 30.3 Å². The van der Waals surface area contributed by atoms with Crippen LogP contribution in [0.4, 0.5) is 5.69 Å². The van der Waals surface area contributed by atoms with Crippen molar-refractivity contribution < 1.29 is 32.7 Å². The first kappa shape index (κ1) is 26.1. The van der Waals surface area contributed by atoms with Crippen LogP contribution >= 0.6 is 0 Å². The number of rotatable bonds is 11. The number of methoxy groups -OCH3 is 2. The van der Waals surface area contributed by atoms with E-state index in [0.717, 1.165) is 0 Å². The molecule has 0 fully saturated rings. The van der Waals surface area contributed by atoms with Crippen LogP contribution in [0.1, 0.15) is 27.9 Å². The van der Waals surface area contributed by atoms with E-state index in [9.17, 15) is 14.4 Å². The van der Waals surface area contributed by atoms with Crippen LogP contribution in [0.15, 0.2) is 94.2 Å². The average molecular weight is 518 g/mol. The van der Waals surface area contributed by atoms with E-state index >= 15 is 0 Å². The van der Waals surface area contributed by atoms with Crippen LogP contribution in [0.2, 0.25) is 0 Å². The summed E-state index contributed by atoms with van der Waals surface area (Å²) < 4.78 is 21.3. The van der Waals surface area contributed by atoms with Crippen molar-refractivity contribution in [2.75, 3.05) is 25.7 Å². The third kappa shape index (κ3) is 6.22. The summed E-state index contributed by atoms with van der Waals surface area (Å²) >= 11 is 0. The molecule has 4 rings (SSSR count). The van der Waals surface area contributed by atoms with Gasteiger partial charge in [0.05, 0.1) is 45.5 Å². The zero-order valence-corrected chi connectivity index (χ0v) is 20.9. The fourth-order valence-corrected chi connectivity index (χ4v) is 3.84. The fourth-order valence-electron chi connectivity index (χ4n) is 3.84. The van der Waals surface area contributed by atoms with Gasteiger partial charge in [0.15, 0.2) is 5.76 Å². The standard InChI is InChI=1S/C28H27N3O7/c1-35-22-14-20(15-23(16-22)36-2)31(25(32)18-30-27(33)24-11-7-13-38-24)26(19-8-4-3-5-9-19)28(34)29-17-21-10-6-12-37-21/h3-16,26H,17-18H2,1-2H3,(H,29,34)(H,30,33). The topological polar surface area (TPSA) is 123 Å². The van der Waals surface area contributed by atoms with E-state index in [1.54, 1.807) is 60.7 Å². The maximum Gasteiger partial charge on any atom is 0.287 e. The Balaban J connectivity index is 1.72. The van der Waals surface area contributed by atoms with E-state index in [1.807, 2.05) is 6.07 Å². The summed E-state index contributed by atoms with van der Waals surface area (Å²) in [5.74, 6) is -0.133. The van der Waals surface area contributed by atoms with Crippen molar-refractivity contribution in [1.29, 1.82) is 0 Å². The summed E-state index contributed by atoms with van der Waals surface area (Å²) in [6, 6.07) is 19.1. The van der Waals surface area contributed by atoms with Gasteiger partial charge < -0.3 is 28.9 Å². The molecule has 1 unspecified atom stereocenters. The van der Waals surface area contributed by atoms with E-state index in [0.29, 0.717) is 28.5 Å². The summed E-state index contributed by atoms with van der Waals surface area (Å²) in [6.07, 6.45) is 2.87. The number of furan rings is 2. The molecule has 4 aromatic rings. The van der Waals surface area contributed by atoms with Crippen LogP contribution in [0.3, 0.4) is 0 Å². The molecule has 0 bridgehead atoms. The van der Waals surface area contributed by atoms with Crippen LogP contribution in [-0.4, -0.2) is 38.5 Å². The fraction of sp³-hybridized carbons (Fsp3) is 0.179. The molecule has 196 valence electrons. The number of amides is 3. The first-order valence-electron chi connectivity index (χ1n) is 11.7. The first-order chi connectivity index (χ1) is 18.5. The molecule has 38 heavy (non-hydrogen) atoms. The number of carbonyl (C=O) groups excluding carboxylic acids is 3. The summed E-state index contributed by atoms with van der Waals surface area (Å²) in [6.45, 7) is -0.290. The Morgan fingerprint density at radius 3 is 2.13 bits per heavy atom. The number of carbonyl (C=O) groups is 3. The zero-order chi connectivity index (χ0) is 26.9. The highest BCUT2D eigenvalue weighted by Crippen LogP contribution is 2.34. The molecule has 2 aromatic carbocycles. The number of anilines is 1. The number of nitrogens with one attached hydrogen (secondary N) is 2.